The van der Waals surface area contributed by atoms with Crippen LogP contribution in [-0.4, -0.2) is 94.4 Å². The van der Waals surface area contributed by atoms with Crippen LogP contribution in [0.15, 0.2) is 60.8 Å². The minimum Gasteiger partial charge on any atom is -0.495 e. The van der Waals surface area contributed by atoms with Crippen LogP contribution in [0.5, 0.6) is 5.75 Å². The number of nitrogens with one attached hydrogen (secondary N) is 3. The number of rotatable bonds is 16. The number of amides is 2. The summed E-state index contributed by atoms with van der Waals surface area (Å²) in [4.78, 5) is 65.8. The van der Waals surface area contributed by atoms with Crippen molar-refractivity contribution in [2.24, 2.45) is 17.3 Å². The summed E-state index contributed by atoms with van der Waals surface area (Å²) in [5.41, 5.74) is 2.16. The largest absolute Gasteiger partial charge is 0.495 e. The topological polar surface area (TPSA) is 213 Å². The first-order chi connectivity index (χ1) is 29.5. The maximum Gasteiger partial charge on any atom is 0.347 e. The van der Waals surface area contributed by atoms with E-state index in [1.54, 1.807) is 51.2 Å². The van der Waals surface area contributed by atoms with Crippen molar-refractivity contribution < 1.29 is 48.0 Å². The fraction of sp³-hybridized carbons (Fsp3) is 0.533. The fourth-order valence-electron chi connectivity index (χ4n) is 7.17. The Morgan fingerprint density at radius 1 is 1.08 bits per heavy atom. The Hall–Kier alpha value is -5.32. The number of benzene rings is 2. The first-order valence-corrected chi connectivity index (χ1v) is 21.4. The van der Waals surface area contributed by atoms with Crippen LogP contribution < -0.4 is 20.7 Å². The number of carboxylic acids is 1. The average molecular weight is 879 g/mol. The van der Waals surface area contributed by atoms with Gasteiger partial charge >= 0.3 is 17.9 Å². The van der Waals surface area contributed by atoms with Gasteiger partial charge in [0.15, 0.2) is 12.1 Å². The summed E-state index contributed by atoms with van der Waals surface area (Å²) >= 11 is 6.36. The minimum atomic E-state index is -1.24. The van der Waals surface area contributed by atoms with Gasteiger partial charge < -0.3 is 40.0 Å². The standard InChI is InChI=1S/C45H59ClN6O10/c1-8-34(42(55)56)52-24-31(50-51-52)23-47-19-18-28-12-15-30(16-13-28)40-39(62-40)27(4)35-10-9-11-38(53)49-33(22-29-14-17-36(59-7)32(46)21-29)41(54)48-25-45(5,6)44(58)61-37(20-26(2)3)43(57)60-35/h9,11-17,21,24,26-27,33-35,37,39-40,47H,8,10,18-20,22-23,25H2,1-7H3,(H,48,54)(H,49,53)(H,55,56)/t27-,33+,34?,35-,37-,39+,40+/m0/s1. The molecule has 7 atom stereocenters. The third-order valence-corrected chi connectivity index (χ3v) is 11.3. The summed E-state index contributed by atoms with van der Waals surface area (Å²) in [5, 5.41) is 26.7. The second-order valence-corrected chi connectivity index (χ2v) is 17.4. The first kappa shape index (κ1) is 47.7. The quantitative estimate of drug-likeness (QED) is 0.0841. The molecule has 1 unspecified atom stereocenters. The van der Waals surface area contributed by atoms with E-state index in [2.05, 4.69) is 26.3 Å². The van der Waals surface area contributed by atoms with E-state index in [9.17, 15) is 29.1 Å². The molecule has 336 valence electrons. The van der Waals surface area contributed by atoms with E-state index in [-0.39, 0.29) is 49.9 Å². The molecule has 62 heavy (non-hydrogen) atoms. The summed E-state index contributed by atoms with van der Waals surface area (Å²) in [5.74, 6) is -3.25. The zero-order valence-corrected chi connectivity index (χ0v) is 37.1. The SMILES string of the molecule is CCC(C(=O)O)n1cc(CNCCc2ccc([C@H]3O[C@@H]3[C@@H](C)[C@@H]3CC=CC(=O)N[C@H](Cc4ccc(OC)c(Cl)c4)C(=O)NCC(C)(C)C(=O)O[C@@H](CC(C)C)C(=O)O3)cc2)nn1. The molecule has 0 bridgehead atoms. The number of cyclic esters (lactones) is 2. The van der Waals surface area contributed by atoms with E-state index in [1.807, 2.05) is 45.0 Å². The molecular formula is C45H59ClN6O10. The summed E-state index contributed by atoms with van der Waals surface area (Å²) in [6.07, 6.45) is 3.69. The lowest BCUT2D eigenvalue weighted by Crippen LogP contribution is -2.51. The van der Waals surface area contributed by atoms with Crippen molar-refractivity contribution in [2.75, 3.05) is 20.2 Å². The van der Waals surface area contributed by atoms with E-state index >= 15 is 0 Å². The zero-order chi connectivity index (χ0) is 45.1. The van der Waals surface area contributed by atoms with Gasteiger partial charge in [0, 0.05) is 31.8 Å². The number of carbonyl (C=O) groups is 5. The number of methoxy groups -OCH3 is 1. The third kappa shape index (κ3) is 13.1. The van der Waals surface area contributed by atoms with Crippen molar-refractivity contribution in [3.63, 3.8) is 0 Å². The second kappa shape index (κ2) is 21.7. The van der Waals surface area contributed by atoms with Gasteiger partial charge in [0.05, 0.1) is 35.5 Å². The zero-order valence-electron chi connectivity index (χ0n) is 36.4. The van der Waals surface area contributed by atoms with Gasteiger partial charge in [-0.25, -0.2) is 14.3 Å². The fourth-order valence-corrected chi connectivity index (χ4v) is 7.45. The smallest absolute Gasteiger partial charge is 0.347 e. The number of hydrogen-bond donors (Lipinski definition) is 4. The molecule has 16 nitrogen and oxygen atoms in total. The van der Waals surface area contributed by atoms with Crippen molar-refractivity contribution in [3.05, 3.63) is 88.2 Å². The molecule has 2 aliphatic rings. The van der Waals surface area contributed by atoms with Crippen molar-refractivity contribution >= 4 is 41.3 Å². The van der Waals surface area contributed by atoms with Crippen LogP contribution in [0.4, 0.5) is 0 Å². The van der Waals surface area contributed by atoms with Gasteiger partial charge in [-0.1, -0.05) is 80.9 Å². The molecule has 5 rings (SSSR count). The number of epoxide rings is 1. The molecule has 1 aromatic heterocycles. The summed E-state index contributed by atoms with van der Waals surface area (Å²) in [7, 11) is 1.50. The number of nitrogens with zero attached hydrogens (tertiary/aromatic N) is 3. The van der Waals surface area contributed by atoms with E-state index in [0.29, 0.717) is 41.5 Å². The van der Waals surface area contributed by atoms with Crippen molar-refractivity contribution in [3.8, 4) is 5.75 Å². The number of halogens is 1. The Balaban J connectivity index is 1.26. The predicted octanol–water partition coefficient (Wildman–Crippen LogP) is 5.08. The maximum absolute atomic E-state index is 13.8. The Labute approximate surface area is 367 Å². The van der Waals surface area contributed by atoms with Gasteiger partial charge in [-0.2, -0.15) is 0 Å². The predicted molar refractivity (Wildman–Crippen MR) is 229 cm³/mol. The second-order valence-electron chi connectivity index (χ2n) is 17.0. The number of carbonyl (C=O) groups excluding carboxylic acids is 4. The van der Waals surface area contributed by atoms with Crippen LogP contribution in [0.25, 0.3) is 0 Å². The molecule has 4 N–H and O–H groups in total. The lowest BCUT2D eigenvalue weighted by atomic mass is 9.92. The maximum atomic E-state index is 13.8. The summed E-state index contributed by atoms with van der Waals surface area (Å²) < 4.78 is 24.8. The molecule has 3 aromatic rings. The molecule has 2 aromatic carbocycles. The summed E-state index contributed by atoms with van der Waals surface area (Å²) in [6.45, 7) is 11.7. The Kier molecular flexibility index (Phi) is 16.7. The van der Waals surface area contributed by atoms with Crippen molar-refractivity contribution in [1.29, 1.82) is 0 Å². The normalized spacial score (nSPS) is 23.1. The monoisotopic (exact) mass is 878 g/mol. The Morgan fingerprint density at radius 3 is 2.47 bits per heavy atom. The highest BCUT2D eigenvalue weighted by Crippen LogP contribution is 2.45. The number of ether oxygens (including phenoxy) is 4. The van der Waals surface area contributed by atoms with Crippen LogP contribution in [-0.2, 0) is 57.6 Å². The highest BCUT2D eigenvalue weighted by atomic mass is 35.5. The van der Waals surface area contributed by atoms with Gasteiger partial charge in [-0.3, -0.25) is 14.4 Å². The molecule has 17 heteroatoms. The van der Waals surface area contributed by atoms with Gasteiger partial charge in [-0.15, -0.1) is 5.10 Å². The van der Waals surface area contributed by atoms with Gasteiger partial charge in [0.25, 0.3) is 0 Å². The minimum absolute atomic E-state index is 0.0171. The number of carboxylic acid groups (broad SMARTS) is 1. The molecule has 2 aliphatic heterocycles. The molecule has 2 amide bonds. The van der Waals surface area contributed by atoms with Gasteiger partial charge in [0.1, 0.15) is 24.0 Å². The molecule has 0 spiro atoms. The number of aromatic nitrogens is 3. The molecule has 3 heterocycles. The first-order valence-electron chi connectivity index (χ1n) is 21.1. The van der Waals surface area contributed by atoms with Gasteiger partial charge in [-0.05, 0) is 80.5 Å². The number of esters is 2. The van der Waals surface area contributed by atoms with E-state index in [4.69, 9.17) is 30.5 Å². The third-order valence-electron chi connectivity index (χ3n) is 11.0. The average Bonchev–Trinajstić information content (AvgIpc) is 3.90. The van der Waals surface area contributed by atoms with Crippen LogP contribution >= 0.6 is 11.6 Å². The van der Waals surface area contributed by atoms with Crippen molar-refractivity contribution in [1.82, 2.24) is 30.9 Å². The molecule has 1 fully saturated rings. The molecule has 0 saturated carbocycles. The highest BCUT2D eigenvalue weighted by molar-refractivity contribution is 6.32. The van der Waals surface area contributed by atoms with Gasteiger partial charge in [0.2, 0.25) is 11.8 Å². The van der Waals surface area contributed by atoms with Crippen molar-refractivity contribution in [2.45, 2.75) is 117 Å². The van der Waals surface area contributed by atoms with Crippen LogP contribution in [0.3, 0.4) is 0 Å². The van der Waals surface area contributed by atoms with Crippen LogP contribution in [0.1, 0.15) is 95.3 Å². The Bertz CT molecular complexity index is 2070. The van der Waals surface area contributed by atoms with E-state index in [0.717, 1.165) is 17.5 Å². The molecule has 1 saturated heterocycles. The molecular weight excluding hydrogens is 820 g/mol. The van der Waals surface area contributed by atoms with E-state index in [1.165, 1.54) is 17.9 Å². The van der Waals surface area contributed by atoms with Crippen LogP contribution in [0.2, 0.25) is 5.02 Å². The molecule has 0 aliphatic carbocycles. The van der Waals surface area contributed by atoms with E-state index < -0.39 is 59.4 Å². The number of hydrogen-bond acceptors (Lipinski definition) is 12. The number of aliphatic carboxylic acids is 1. The summed E-state index contributed by atoms with van der Waals surface area (Å²) in [6, 6.07) is 11.4. The Morgan fingerprint density at radius 2 is 1.81 bits per heavy atom. The van der Waals surface area contributed by atoms with Crippen LogP contribution in [0, 0.1) is 17.3 Å². The lowest BCUT2D eigenvalue weighted by molar-refractivity contribution is -0.179. The molecule has 0 radical (unpaired) electrons. The lowest BCUT2D eigenvalue weighted by Gasteiger charge is -2.29. The highest BCUT2D eigenvalue weighted by Gasteiger charge is 2.48.